The number of carboxylic acid groups (broad SMARTS) is 1. The summed E-state index contributed by atoms with van der Waals surface area (Å²) in [7, 11) is 0. The summed E-state index contributed by atoms with van der Waals surface area (Å²) < 4.78 is 0. The van der Waals surface area contributed by atoms with Gasteiger partial charge in [0.05, 0.1) is 0 Å². The minimum atomic E-state index is -0.829. The highest BCUT2D eigenvalue weighted by molar-refractivity contribution is 7.12. The highest BCUT2D eigenvalue weighted by Crippen LogP contribution is 2.17. The number of carboxylic acids is 1. The Bertz CT molecular complexity index is 347. The van der Waals surface area contributed by atoms with E-state index in [0.717, 1.165) is 12.0 Å². The molecule has 3 nitrogen and oxygen atoms in total. The molecule has 0 aliphatic carbocycles. The van der Waals surface area contributed by atoms with E-state index in [9.17, 15) is 4.79 Å². The van der Waals surface area contributed by atoms with Crippen molar-refractivity contribution in [3.63, 3.8) is 0 Å². The molecule has 1 unspecified atom stereocenters. The average molecular weight is 241 g/mol. The minimum absolute atomic E-state index is 0.446. The maximum Gasteiger partial charge on any atom is 0.346 e. The number of nitrogens with one attached hydrogen (secondary N) is 1. The van der Waals surface area contributed by atoms with Crippen molar-refractivity contribution in [1.29, 1.82) is 0 Å². The Morgan fingerprint density at radius 1 is 1.56 bits per heavy atom. The van der Waals surface area contributed by atoms with Gasteiger partial charge in [0.25, 0.3) is 0 Å². The van der Waals surface area contributed by atoms with E-state index in [2.05, 4.69) is 26.1 Å². The molecule has 0 bridgehead atoms. The van der Waals surface area contributed by atoms with Gasteiger partial charge in [-0.15, -0.1) is 11.3 Å². The highest BCUT2D eigenvalue weighted by Gasteiger charge is 2.14. The molecule has 1 atom stereocenters. The second kappa shape index (κ2) is 6.01. The lowest BCUT2D eigenvalue weighted by atomic mass is 10.0. The first-order valence-electron chi connectivity index (χ1n) is 5.59. The van der Waals surface area contributed by atoms with Crippen molar-refractivity contribution in [2.45, 2.75) is 39.8 Å². The first-order chi connectivity index (χ1) is 7.56. The Hall–Kier alpha value is -0.870. The van der Waals surface area contributed by atoms with Crippen LogP contribution < -0.4 is 5.32 Å². The first-order valence-corrected chi connectivity index (χ1v) is 6.47. The third-order valence-corrected chi connectivity index (χ3v) is 3.68. The fourth-order valence-electron chi connectivity index (χ4n) is 1.76. The van der Waals surface area contributed by atoms with Crippen molar-refractivity contribution in [2.75, 3.05) is 0 Å². The Kier molecular flexibility index (Phi) is 4.96. The number of thiophene rings is 1. The number of aromatic carboxylic acids is 1. The van der Waals surface area contributed by atoms with Crippen LogP contribution in [0, 0.1) is 5.92 Å². The van der Waals surface area contributed by atoms with Crippen molar-refractivity contribution in [3.8, 4) is 0 Å². The van der Waals surface area contributed by atoms with Gasteiger partial charge in [0, 0.05) is 12.6 Å². The molecule has 1 heterocycles. The van der Waals surface area contributed by atoms with Crippen LogP contribution in [0.15, 0.2) is 11.4 Å². The predicted octanol–water partition coefficient (Wildman–Crippen LogP) is 2.97. The van der Waals surface area contributed by atoms with Crippen LogP contribution in [0.2, 0.25) is 0 Å². The summed E-state index contributed by atoms with van der Waals surface area (Å²) in [6.07, 6.45) is 1.06. The van der Waals surface area contributed by atoms with Crippen molar-refractivity contribution >= 4 is 17.3 Å². The second-order valence-electron chi connectivity index (χ2n) is 4.22. The van der Waals surface area contributed by atoms with Gasteiger partial charge in [-0.25, -0.2) is 4.79 Å². The molecule has 90 valence electrons. The van der Waals surface area contributed by atoms with Crippen LogP contribution in [0.5, 0.6) is 0 Å². The summed E-state index contributed by atoms with van der Waals surface area (Å²) in [6.45, 7) is 7.13. The van der Waals surface area contributed by atoms with Crippen LogP contribution in [0.25, 0.3) is 0 Å². The molecule has 1 rings (SSSR count). The Labute approximate surface area is 100 Å². The number of rotatable bonds is 6. The van der Waals surface area contributed by atoms with Gasteiger partial charge < -0.3 is 10.4 Å². The number of hydrogen-bond acceptors (Lipinski definition) is 3. The van der Waals surface area contributed by atoms with E-state index in [1.54, 1.807) is 0 Å². The van der Waals surface area contributed by atoms with Crippen molar-refractivity contribution in [2.24, 2.45) is 5.92 Å². The molecule has 0 fully saturated rings. The topological polar surface area (TPSA) is 49.3 Å². The molecule has 1 aromatic heterocycles. The van der Waals surface area contributed by atoms with Crippen molar-refractivity contribution in [3.05, 3.63) is 21.9 Å². The van der Waals surface area contributed by atoms with E-state index in [1.165, 1.54) is 11.3 Å². The molecule has 0 aliphatic heterocycles. The van der Waals surface area contributed by atoms with E-state index in [0.29, 0.717) is 23.4 Å². The largest absolute Gasteiger partial charge is 0.477 e. The van der Waals surface area contributed by atoms with E-state index in [-0.39, 0.29) is 0 Å². The maximum absolute atomic E-state index is 10.9. The summed E-state index contributed by atoms with van der Waals surface area (Å²) >= 11 is 1.29. The summed E-state index contributed by atoms with van der Waals surface area (Å²) in [6, 6.07) is 2.33. The first kappa shape index (κ1) is 13.2. The molecule has 1 aromatic rings. The van der Waals surface area contributed by atoms with Gasteiger partial charge in [-0.05, 0) is 29.3 Å². The SMILES string of the molecule is CCC(NCc1ccsc1C(=O)O)C(C)C. The molecule has 0 aliphatic rings. The lowest BCUT2D eigenvalue weighted by molar-refractivity contribution is 0.0701. The van der Waals surface area contributed by atoms with Gasteiger partial charge in [-0.3, -0.25) is 0 Å². The lowest BCUT2D eigenvalue weighted by Gasteiger charge is -2.20. The molecular formula is C12H19NO2S. The third kappa shape index (κ3) is 3.32. The molecule has 0 saturated heterocycles. The zero-order chi connectivity index (χ0) is 12.1. The van der Waals surface area contributed by atoms with Crippen LogP contribution in [0.4, 0.5) is 0 Å². The molecule has 2 N–H and O–H groups in total. The van der Waals surface area contributed by atoms with E-state index in [4.69, 9.17) is 5.11 Å². The average Bonchev–Trinajstić information content (AvgIpc) is 2.66. The van der Waals surface area contributed by atoms with Gasteiger partial charge in [-0.2, -0.15) is 0 Å². The summed E-state index contributed by atoms with van der Waals surface area (Å²) in [4.78, 5) is 11.4. The molecule has 4 heteroatoms. The van der Waals surface area contributed by atoms with E-state index < -0.39 is 5.97 Å². The monoisotopic (exact) mass is 241 g/mol. The highest BCUT2D eigenvalue weighted by atomic mass is 32.1. The number of hydrogen-bond donors (Lipinski definition) is 2. The molecule has 0 aromatic carbocycles. The fourth-order valence-corrected chi connectivity index (χ4v) is 2.52. The van der Waals surface area contributed by atoms with Crippen molar-refractivity contribution < 1.29 is 9.90 Å². The summed E-state index contributed by atoms with van der Waals surface area (Å²) in [5.74, 6) is -0.263. The zero-order valence-corrected chi connectivity index (χ0v) is 10.8. The fraction of sp³-hybridized carbons (Fsp3) is 0.583. The molecule has 0 amide bonds. The van der Waals surface area contributed by atoms with Crippen LogP contribution in [0.1, 0.15) is 42.4 Å². The number of carbonyl (C=O) groups is 1. The molecule has 0 radical (unpaired) electrons. The van der Waals surface area contributed by atoms with Crippen LogP contribution in [0.3, 0.4) is 0 Å². The summed E-state index contributed by atoms with van der Waals surface area (Å²) in [5.41, 5.74) is 0.886. The quantitative estimate of drug-likeness (QED) is 0.805. The van der Waals surface area contributed by atoms with Gasteiger partial charge in [0.2, 0.25) is 0 Å². The molecule has 0 saturated carbocycles. The van der Waals surface area contributed by atoms with Crippen molar-refractivity contribution in [1.82, 2.24) is 5.32 Å². The molecular weight excluding hydrogens is 222 g/mol. The standard InChI is InChI=1S/C12H19NO2S/c1-4-10(8(2)3)13-7-9-5-6-16-11(9)12(14)15/h5-6,8,10,13H,4,7H2,1-3H3,(H,14,15). The van der Waals surface area contributed by atoms with Crippen LogP contribution in [-0.4, -0.2) is 17.1 Å². The van der Waals surface area contributed by atoms with E-state index in [1.807, 2.05) is 11.4 Å². The zero-order valence-electron chi connectivity index (χ0n) is 9.99. The summed E-state index contributed by atoms with van der Waals surface area (Å²) in [5, 5.41) is 14.2. The van der Waals surface area contributed by atoms with Crippen LogP contribution in [-0.2, 0) is 6.54 Å². The van der Waals surface area contributed by atoms with Gasteiger partial charge in [0.1, 0.15) is 4.88 Å². The maximum atomic E-state index is 10.9. The smallest absolute Gasteiger partial charge is 0.346 e. The predicted molar refractivity (Wildman–Crippen MR) is 67.0 cm³/mol. The van der Waals surface area contributed by atoms with Gasteiger partial charge >= 0.3 is 5.97 Å². The van der Waals surface area contributed by atoms with E-state index >= 15 is 0 Å². The van der Waals surface area contributed by atoms with Gasteiger partial charge in [0.15, 0.2) is 0 Å². The normalized spacial score (nSPS) is 13.0. The Morgan fingerprint density at radius 2 is 2.25 bits per heavy atom. The minimum Gasteiger partial charge on any atom is -0.477 e. The third-order valence-electron chi connectivity index (χ3n) is 2.74. The molecule has 0 spiro atoms. The Balaban J connectivity index is 2.60. The van der Waals surface area contributed by atoms with Gasteiger partial charge in [-0.1, -0.05) is 20.8 Å². The second-order valence-corrected chi connectivity index (χ2v) is 5.14. The lowest BCUT2D eigenvalue weighted by Crippen LogP contribution is -2.32. The van der Waals surface area contributed by atoms with Crippen LogP contribution >= 0.6 is 11.3 Å². The molecule has 16 heavy (non-hydrogen) atoms. The Morgan fingerprint density at radius 3 is 2.75 bits per heavy atom.